The summed E-state index contributed by atoms with van der Waals surface area (Å²) in [5, 5.41) is 12.0. The van der Waals surface area contributed by atoms with Crippen LogP contribution in [0.1, 0.15) is 68.2 Å². The topological polar surface area (TPSA) is 216 Å². The number of aromatic nitrogens is 2. The minimum atomic E-state index is -4.68. The third-order valence-corrected chi connectivity index (χ3v) is 11.9. The van der Waals surface area contributed by atoms with Gasteiger partial charge in [-0.2, -0.15) is 8.42 Å². The number of nitrogens with zero attached hydrogens (tertiary/aromatic N) is 3. The molecule has 2 aromatic heterocycles. The van der Waals surface area contributed by atoms with Crippen molar-refractivity contribution in [2.45, 2.75) is 104 Å². The van der Waals surface area contributed by atoms with E-state index < -0.39 is 74.8 Å². The number of methoxy groups -OCH3 is 1. The highest BCUT2D eigenvalue weighted by molar-refractivity contribution is 7.85. The van der Waals surface area contributed by atoms with E-state index in [1.165, 1.54) is 34.4 Å². The lowest BCUT2D eigenvalue weighted by Gasteiger charge is -2.36. The van der Waals surface area contributed by atoms with Gasteiger partial charge in [0.25, 0.3) is 5.91 Å². The molecule has 338 valence electrons. The molecule has 1 aliphatic carbocycles. The molecule has 2 aromatic carbocycles. The summed E-state index contributed by atoms with van der Waals surface area (Å²) < 4.78 is 50.7. The predicted octanol–water partition coefficient (Wildman–Crippen LogP) is 5.98. The number of likely N-dealkylation sites (tertiary alicyclic amines) is 1. The Balaban J connectivity index is 1.34. The highest BCUT2D eigenvalue weighted by atomic mass is 32.2. The Bertz CT molecular complexity index is 2480. The summed E-state index contributed by atoms with van der Waals surface area (Å²) in [6, 6.07) is 12.4. The fourth-order valence-electron chi connectivity index (χ4n) is 7.20. The number of anilines is 1. The minimum Gasteiger partial charge on any atom is -0.497 e. The van der Waals surface area contributed by atoms with Crippen LogP contribution in [-0.4, -0.2) is 96.1 Å². The van der Waals surface area contributed by atoms with Crippen LogP contribution in [-0.2, 0) is 29.4 Å². The van der Waals surface area contributed by atoms with Gasteiger partial charge in [0.1, 0.15) is 52.3 Å². The van der Waals surface area contributed by atoms with E-state index in [0.29, 0.717) is 38.9 Å². The number of thiazole rings is 1. The number of ether oxygens (including phenoxy) is 3. The molecule has 0 bridgehead atoms. The molecule has 1 unspecified atom stereocenters. The van der Waals surface area contributed by atoms with Crippen LogP contribution in [0.25, 0.3) is 22.3 Å². The molecular formula is C44H55N7O10S2. The fourth-order valence-corrected chi connectivity index (χ4v) is 8.86. The lowest BCUT2D eigenvalue weighted by molar-refractivity contribution is -0.143. The molecule has 17 nitrogen and oxygen atoms in total. The molecule has 4 N–H and O–H groups in total. The quantitative estimate of drug-likeness (QED) is 0.101. The molecule has 1 aliphatic heterocycles. The molecule has 2 fully saturated rings. The fraction of sp³-hybridized carbons (Fsp3) is 0.455. The molecule has 4 aromatic rings. The molecule has 0 spiro atoms. The summed E-state index contributed by atoms with van der Waals surface area (Å²) in [6.07, 6.45) is -0.216. The Labute approximate surface area is 371 Å². The van der Waals surface area contributed by atoms with E-state index in [4.69, 9.17) is 28.4 Å². The van der Waals surface area contributed by atoms with Crippen LogP contribution < -0.4 is 34.3 Å². The third kappa shape index (κ3) is 11.2. The first-order chi connectivity index (χ1) is 29.5. The Hall–Kier alpha value is -5.95. The Morgan fingerprint density at radius 1 is 0.984 bits per heavy atom. The first-order valence-corrected chi connectivity index (χ1v) is 22.7. The maximum atomic E-state index is 14.8. The summed E-state index contributed by atoms with van der Waals surface area (Å²) in [7, 11) is -3.13. The van der Waals surface area contributed by atoms with E-state index in [2.05, 4.69) is 22.5 Å². The first-order valence-electron chi connectivity index (χ1n) is 20.4. The number of fused-ring (bicyclic) bond motifs is 1. The Morgan fingerprint density at radius 2 is 1.70 bits per heavy atom. The number of carbonyl (C=O) groups excluding carboxylic acids is 4. The van der Waals surface area contributed by atoms with Crippen LogP contribution in [0.3, 0.4) is 0 Å². The van der Waals surface area contributed by atoms with Gasteiger partial charge in [0, 0.05) is 41.3 Å². The summed E-state index contributed by atoms with van der Waals surface area (Å²) in [6.45, 7) is 18.1. The predicted molar refractivity (Wildman–Crippen MR) is 239 cm³/mol. The van der Waals surface area contributed by atoms with Crippen LogP contribution in [0.15, 0.2) is 72.6 Å². The highest BCUT2D eigenvalue weighted by Gasteiger charge is 2.62. The van der Waals surface area contributed by atoms with E-state index >= 15 is 0 Å². The van der Waals surface area contributed by atoms with Crippen molar-refractivity contribution in [3.05, 3.63) is 72.6 Å². The lowest BCUT2D eigenvalue weighted by atomic mass is 9.85. The molecule has 4 amide bonds. The van der Waals surface area contributed by atoms with Gasteiger partial charge in [0.2, 0.25) is 11.8 Å². The van der Waals surface area contributed by atoms with Gasteiger partial charge in [-0.05, 0) is 70.7 Å². The normalized spacial score (nSPS) is 20.3. The standard InChI is InChI=1S/C44H55N7O10S2/c1-11-26-22-44(26,39(54)50-63(56,57)61-27-15-13-12-14-16-27)49-37(52)34-20-29(23-51(34)38(53)36(42(4,5)6)48-41(55)60-43(7,8)9)59-35-21-32(33-24-62-40(47-33)45-25(2)3)46-31-19-28(58-10)17-18-30(31)35/h11-19,21,24-26,29,34,36H,1,20,22-23H2,2-10H3,(H,45,47)(H,48,55)(H,49,52)(H,50,54)/t26-,29-,34?,36-,44-/m1/s1. The van der Waals surface area contributed by atoms with Gasteiger partial charge in [-0.1, -0.05) is 45.0 Å². The van der Waals surface area contributed by atoms with Crippen LogP contribution >= 0.6 is 11.3 Å². The van der Waals surface area contributed by atoms with E-state index in [9.17, 15) is 27.6 Å². The largest absolute Gasteiger partial charge is 0.497 e. The van der Waals surface area contributed by atoms with Gasteiger partial charge in [-0.3, -0.25) is 14.4 Å². The first kappa shape index (κ1) is 46.6. The number of hydrogen-bond acceptors (Lipinski definition) is 14. The number of alkyl carbamates (subject to hydrolysis) is 1. The van der Waals surface area contributed by atoms with Crippen molar-refractivity contribution in [1.29, 1.82) is 0 Å². The van der Waals surface area contributed by atoms with Crippen LogP contribution in [0.2, 0.25) is 0 Å². The summed E-state index contributed by atoms with van der Waals surface area (Å²) in [5.74, 6) is -2.12. The number of nitrogens with one attached hydrogen (secondary N) is 4. The zero-order valence-electron chi connectivity index (χ0n) is 36.8. The zero-order valence-corrected chi connectivity index (χ0v) is 38.4. The van der Waals surface area contributed by atoms with Gasteiger partial charge < -0.3 is 39.2 Å². The number of pyridine rings is 1. The molecule has 0 radical (unpaired) electrons. The number of rotatable bonds is 15. The van der Waals surface area contributed by atoms with Crippen molar-refractivity contribution < 1.29 is 46.0 Å². The van der Waals surface area contributed by atoms with Crippen molar-refractivity contribution in [3.8, 4) is 28.6 Å². The zero-order chi connectivity index (χ0) is 46.1. The molecule has 5 atom stereocenters. The molecule has 63 heavy (non-hydrogen) atoms. The molecule has 2 aliphatic rings. The molecule has 1 saturated heterocycles. The molecular weight excluding hydrogens is 851 g/mol. The van der Waals surface area contributed by atoms with Gasteiger partial charge >= 0.3 is 16.4 Å². The minimum absolute atomic E-state index is 0.0284. The third-order valence-electron chi connectivity index (χ3n) is 10.3. The van der Waals surface area contributed by atoms with Gasteiger partial charge in [0.15, 0.2) is 5.13 Å². The average Bonchev–Trinajstić information content (AvgIpc) is 3.45. The van der Waals surface area contributed by atoms with Crippen LogP contribution in [0, 0.1) is 11.3 Å². The number of benzene rings is 2. The molecule has 1 saturated carbocycles. The number of para-hydroxylation sites is 1. The number of carbonyl (C=O) groups is 4. The summed E-state index contributed by atoms with van der Waals surface area (Å²) >= 11 is 1.43. The van der Waals surface area contributed by atoms with E-state index in [1.807, 2.05) is 23.9 Å². The van der Waals surface area contributed by atoms with E-state index in [1.54, 1.807) is 91.1 Å². The maximum Gasteiger partial charge on any atom is 0.409 e. The molecule has 3 heterocycles. The molecule has 6 rings (SSSR count). The maximum absolute atomic E-state index is 14.8. The van der Waals surface area contributed by atoms with E-state index in [0.717, 1.165) is 0 Å². The van der Waals surface area contributed by atoms with Gasteiger partial charge in [-0.15, -0.1) is 17.9 Å². The summed E-state index contributed by atoms with van der Waals surface area (Å²) in [4.78, 5) is 67.3. The second-order valence-corrected chi connectivity index (χ2v) is 20.1. The van der Waals surface area contributed by atoms with Crippen molar-refractivity contribution in [1.82, 2.24) is 30.2 Å². The van der Waals surface area contributed by atoms with Crippen molar-refractivity contribution in [2.24, 2.45) is 11.3 Å². The number of amides is 4. The second-order valence-electron chi connectivity index (χ2n) is 17.9. The average molecular weight is 906 g/mol. The van der Waals surface area contributed by atoms with E-state index in [-0.39, 0.29) is 31.2 Å². The van der Waals surface area contributed by atoms with Crippen molar-refractivity contribution >= 4 is 61.5 Å². The van der Waals surface area contributed by atoms with Gasteiger partial charge in [-0.25, -0.2) is 19.5 Å². The van der Waals surface area contributed by atoms with Crippen LogP contribution in [0.4, 0.5) is 9.93 Å². The summed E-state index contributed by atoms with van der Waals surface area (Å²) in [5.41, 5.74) is -1.82. The molecule has 19 heteroatoms. The highest BCUT2D eigenvalue weighted by Crippen LogP contribution is 2.45. The monoisotopic (exact) mass is 905 g/mol. The Morgan fingerprint density at radius 3 is 2.32 bits per heavy atom. The van der Waals surface area contributed by atoms with Crippen LogP contribution in [0.5, 0.6) is 17.2 Å². The van der Waals surface area contributed by atoms with Gasteiger partial charge in [0.05, 0.1) is 24.9 Å². The van der Waals surface area contributed by atoms with Crippen molar-refractivity contribution in [3.63, 3.8) is 0 Å². The second kappa shape index (κ2) is 18.0. The number of hydrogen-bond donors (Lipinski definition) is 4. The lowest BCUT2D eigenvalue weighted by Crippen LogP contribution is -2.60. The van der Waals surface area contributed by atoms with Crippen molar-refractivity contribution in [2.75, 3.05) is 19.0 Å². The SMILES string of the molecule is C=C[C@@H]1C[C@]1(NC(=O)C1C[C@@H](Oc2cc(-c3csc(NC(C)C)n3)nc3cc(OC)ccc23)CN1C(=O)[C@@H](NC(=O)OC(C)(C)C)C(C)(C)C)C(=O)NS(=O)(=O)Oc1ccccc1. The Kier molecular flexibility index (Phi) is 13.3. The smallest absolute Gasteiger partial charge is 0.409 e.